The highest BCUT2D eigenvalue weighted by Crippen LogP contribution is 2.20. The number of carbonyl (C=O) groups excluding carboxylic acids is 1. The van der Waals surface area contributed by atoms with Crippen molar-refractivity contribution < 1.29 is 9.53 Å². The maximum absolute atomic E-state index is 12.9. The number of fused-ring (bicyclic) bond motifs is 1. The van der Waals surface area contributed by atoms with E-state index >= 15 is 0 Å². The topological polar surface area (TPSA) is 76.5 Å². The Bertz CT molecular complexity index is 1150. The molecule has 3 aromatic rings. The second kappa shape index (κ2) is 8.28. The van der Waals surface area contributed by atoms with E-state index in [0.29, 0.717) is 17.7 Å². The zero-order chi connectivity index (χ0) is 21.3. The third-order valence-corrected chi connectivity index (χ3v) is 5.59. The number of carbonyl (C=O) groups is 1. The lowest BCUT2D eigenvalue weighted by molar-refractivity contribution is 0.102. The summed E-state index contributed by atoms with van der Waals surface area (Å²) in [6.07, 6.45) is 0. The van der Waals surface area contributed by atoms with E-state index < -0.39 is 5.91 Å². The van der Waals surface area contributed by atoms with Crippen molar-refractivity contribution >= 4 is 28.3 Å². The molecule has 0 aliphatic carbocycles. The van der Waals surface area contributed by atoms with Crippen LogP contribution in [0.3, 0.4) is 0 Å². The van der Waals surface area contributed by atoms with Gasteiger partial charge in [-0.1, -0.05) is 0 Å². The monoisotopic (exact) mass is 406 g/mol. The molecule has 30 heavy (non-hydrogen) atoms. The molecule has 4 rings (SSSR count). The second-order valence-corrected chi connectivity index (χ2v) is 7.54. The summed E-state index contributed by atoms with van der Waals surface area (Å²) in [6.45, 7) is 9.49. The smallest absolute Gasteiger partial charge is 0.282 e. The molecule has 7 heteroatoms. The molecule has 1 saturated heterocycles. The Balaban J connectivity index is 1.62. The molecule has 1 amide bonds. The van der Waals surface area contributed by atoms with Gasteiger partial charge in [0, 0.05) is 31.0 Å². The van der Waals surface area contributed by atoms with E-state index in [0.717, 1.165) is 48.6 Å². The van der Waals surface area contributed by atoms with E-state index in [9.17, 15) is 9.59 Å². The van der Waals surface area contributed by atoms with E-state index in [1.807, 2.05) is 57.2 Å². The molecule has 1 fully saturated rings. The van der Waals surface area contributed by atoms with Crippen molar-refractivity contribution in [3.05, 3.63) is 63.6 Å². The molecule has 1 aromatic heterocycles. The SMILES string of the molecule is CCn1c(=O)c(C(=O)Nc2ccc(N3CCOCC3)cc2)nc2cc(C)c(C)cc21. The van der Waals surface area contributed by atoms with Gasteiger partial charge in [-0.25, -0.2) is 4.98 Å². The van der Waals surface area contributed by atoms with E-state index in [1.165, 1.54) is 0 Å². The van der Waals surface area contributed by atoms with Gasteiger partial charge in [-0.15, -0.1) is 0 Å². The number of nitrogens with one attached hydrogen (secondary N) is 1. The van der Waals surface area contributed by atoms with Crippen molar-refractivity contribution in [2.45, 2.75) is 27.3 Å². The molecular formula is C23H26N4O3. The molecule has 1 aliphatic rings. The van der Waals surface area contributed by atoms with E-state index in [1.54, 1.807) is 4.57 Å². The summed E-state index contributed by atoms with van der Waals surface area (Å²) in [5.74, 6) is -0.499. The lowest BCUT2D eigenvalue weighted by Gasteiger charge is -2.28. The van der Waals surface area contributed by atoms with Crippen molar-refractivity contribution in [3.63, 3.8) is 0 Å². The minimum absolute atomic E-state index is 0.0927. The van der Waals surface area contributed by atoms with Crippen LogP contribution in [0.1, 0.15) is 28.5 Å². The molecule has 0 atom stereocenters. The molecule has 7 nitrogen and oxygen atoms in total. The molecule has 2 aromatic carbocycles. The van der Waals surface area contributed by atoms with Crippen LogP contribution >= 0.6 is 0 Å². The Kier molecular flexibility index (Phi) is 5.55. The number of hydrogen-bond acceptors (Lipinski definition) is 5. The first-order chi connectivity index (χ1) is 14.5. The normalized spacial score (nSPS) is 14.2. The van der Waals surface area contributed by atoms with Crippen LogP contribution in [-0.2, 0) is 11.3 Å². The van der Waals surface area contributed by atoms with Crippen LogP contribution in [0.2, 0.25) is 0 Å². The fraction of sp³-hybridized carbons (Fsp3) is 0.348. The van der Waals surface area contributed by atoms with Gasteiger partial charge in [0.2, 0.25) is 0 Å². The second-order valence-electron chi connectivity index (χ2n) is 7.54. The van der Waals surface area contributed by atoms with Crippen molar-refractivity contribution in [1.82, 2.24) is 9.55 Å². The van der Waals surface area contributed by atoms with Gasteiger partial charge in [0.1, 0.15) is 0 Å². The number of rotatable bonds is 4. The van der Waals surface area contributed by atoms with Crippen LogP contribution in [0.4, 0.5) is 11.4 Å². The summed E-state index contributed by atoms with van der Waals surface area (Å²) < 4.78 is 6.99. The summed E-state index contributed by atoms with van der Waals surface area (Å²) in [5, 5.41) is 2.81. The van der Waals surface area contributed by atoms with Gasteiger partial charge >= 0.3 is 0 Å². The van der Waals surface area contributed by atoms with Crippen LogP contribution < -0.4 is 15.8 Å². The minimum atomic E-state index is -0.499. The average molecular weight is 406 g/mol. The van der Waals surface area contributed by atoms with E-state index in [-0.39, 0.29) is 11.3 Å². The molecule has 156 valence electrons. The number of aromatic nitrogens is 2. The Morgan fingerprint density at radius 2 is 1.77 bits per heavy atom. The molecule has 1 aliphatic heterocycles. The number of anilines is 2. The first kappa shape index (κ1) is 20.1. The predicted octanol–water partition coefficient (Wildman–Crippen LogP) is 3.12. The summed E-state index contributed by atoms with van der Waals surface area (Å²) in [4.78, 5) is 32.4. The predicted molar refractivity (Wildman–Crippen MR) is 119 cm³/mol. The fourth-order valence-corrected chi connectivity index (χ4v) is 3.73. The highest BCUT2D eigenvalue weighted by atomic mass is 16.5. The number of hydrogen-bond donors (Lipinski definition) is 1. The summed E-state index contributed by atoms with van der Waals surface area (Å²) >= 11 is 0. The summed E-state index contributed by atoms with van der Waals surface area (Å²) in [5.41, 5.74) is 4.79. The van der Waals surface area contributed by atoms with Crippen molar-refractivity contribution in [1.29, 1.82) is 0 Å². The number of morpholine rings is 1. The molecule has 1 N–H and O–H groups in total. The largest absolute Gasteiger partial charge is 0.378 e. The van der Waals surface area contributed by atoms with Gasteiger partial charge in [-0.2, -0.15) is 0 Å². The quantitative estimate of drug-likeness (QED) is 0.720. The minimum Gasteiger partial charge on any atom is -0.378 e. The summed E-state index contributed by atoms with van der Waals surface area (Å²) in [7, 11) is 0. The molecule has 0 saturated carbocycles. The molecule has 0 bridgehead atoms. The molecular weight excluding hydrogens is 380 g/mol. The highest BCUT2D eigenvalue weighted by Gasteiger charge is 2.18. The van der Waals surface area contributed by atoms with Gasteiger partial charge < -0.3 is 19.5 Å². The van der Waals surface area contributed by atoms with Gasteiger partial charge in [-0.3, -0.25) is 9.59 Å². The van der Waals surface area contributed by atoms with Crippen molar-refractivity contribution in [2.75, 3.05) is 36.5 Å². The fourth-order valence-electron chi connectivity index (χ4n) is 3.73. The lowest BCUT2D eigenvalue weighted by atomic mass is 10.1. The Morgan fingerprint density at radius 1 is 1.10 bits per heavy atom. The first-order valence-electron chi connectivity index (χ1n) is 10.2. The standard InChI is InChI=1S/C23H26N4O3/c1-4-27-20-14-16(3)15(2)13-19(20)25-21(23(27)29)22(28)24-17-5-7-18(8-6-17)26-9-11-30-12-10-26/h5-8,13-14H,4,9-12H2,1-3H3,(H,24,28). The number of aryl methyl sites for hydroxylation is 3. The first-order valence-corrected chi connectivity index (χ1v) is 10.2. The number of benzene rings is 2. The van der Waals surface area contributed by atoms with Crippen LogP contribution in [0.5, 0.6) is 0 Å². The van der Waals surface area contributed by atoms with Gasteiger partial charge in [0.05, 0.1) is 24.2 Å². The Hall–Kier alpha value is -3.19. The highest BCUT2D eigenvalue weighted by molar-refractivity contribution is 6.03. The Labute approximate surface area is 175 Å². The van der Waals surface area contributed by atoms with Crippen molar-refractivity contribution in [3.8, 4) is 0 Å². The summed E-state index contributed by atoms with van der Waals surface area (Å²) in [6, 6.07) is 11.5. The van der Waals surface area contributed by atoms with Crippen LogP contribution in [0, 0.1) is 13.8 Å². The maximum atomic E-state index is 12.9. The van der Waals surface area contributed by atoms with E-state index in [4.69, 9.17) is 4.74 Å². The number of amides is 1. The molecule has 0 unspecified atom stereocenters. The average Bonchev–Trinajstić information content (AvgIpc) is 2.76. The van der Waals surface area contributed by atoms with Gasteiger partial charge in [-0.05, 0) is 68.3 Å². The molecule has 0 radical (unpaired) electrons. The van der Waals surface area contributed by atoms with Gasteiger partial charge in [0.15, 0.2) is 5.69 Å². The third-order valence-electron chi connectivity index (χ3n) is 5.59. The third kappa shape index (κ3) is 3.80. The Morgan fingerprint density at radius 3 is 2.43 bits per heavy atom. The van der Waals surface area contributed by atoms with Crippen LogP contribution in [0.15, 0.2) is 41.2 Å². The maximum Gasteiger partial charge on any atom is 0.282 e. The molecule has 0 spiro atoms. The van der Waals surface area contributed by atoms with Crippen LogP contribution in [0.25, 0.3) is 11.0 Å². The van der Waals surface area contributed by atoms with Gasteiger partial charge in [0.25, 0.3) is 11.5 Å². The number of ether oxygens (including phenoxy) is 1. The van der Waals surface area contributed by atoms with Crippen molar-refractivity contribution in [2.24, 2.45) is 0 Å². The zero-order valence-electron chi connectivity index (χ0n) is 17.6. The van der Waals surface area contributed by atoms with Crippen LogP contribution in [-0.4, -0.2) is 41.8 Å². The zero-order valence-corrected chi connectivity index (χ0v) is 17.6. The lowest BCUT2D eigenvalue weighted by Crippen LogP contribution is -2.36. The number of nitrogens with zero attached hydrogens (tertiary/aromatic N) is 3. The van der Waals surface area contributed by atoms with E-state index in [2.05, 4.69) is 15.2 Å². The molecule has 2 heterocycles.